The molecule has 1 N–H and O–H groups in total. The Hall–Kier alpha value is -1.43. The summed E-state index contributed by atoms with van der Waals surface area (Å²) in [6.45, 7) is 5.67. The minimum absolute atomic E-state index is 0.265. The summed E-state index contributed by atoms with van der Waals surface area (Å²) in [5.74, 6) is 0.324. The van der Waals surface area contributed by atoms with Crippen LogP contribution in [0.3, 0.4) is 0 Å². The van der Waals surface area contributed by atoms with Gasteiger partial charge in [-0.25, -0.2) is 9.48 Å². The quantitative estimate of drug-likeness (QED) is 0.748. The third kappa shape index (κ3) is 4.56. The predicted octanol–water partition coefficient (Wildman–Crippen LogP) is 5.02. The van der Waals surface area contributed by atoms with Gasteiger partial charge in [0.15, 0.2) is 0 Å². The monoisotopic (exact) mass is 389 g/mol. The first-order chi connectivity index (χ1) is 11.0. The van der Waals surface area contributed by atoms with Gasteiger partial charge in [-0.2, -0.15) is 5.10 Å². The molecule has 0 bridgehead atoms. The molecule has 0 spiro atoms. The zero-order valence-electron chi connectivity index (χ0n) is 13.5. The highest BCUT2D eigenvalue weighted by atomic mass is 35.6. The fourth-order valence-corrected chi connectivity index (χ4v) is 2.47. The fourth-order valence-electron chi connectivity index (χ4n) is 2.12. The molecule has 0 aliphatic heterocycles. The van der Waals surface area contributed by atoms with E-state index in [1.54, 1.807) is 10.7 Å². The largest absolute Gasteiger partial charge is 0.465 e. The number of alkyl halides is 3. The number of nitrogens with zero attached hydrogens (tertiary/aromatic N) is 3. The second-order valence-electron chi connectivity index (χ2n) is 6.37. The highest BCUT2D eigenvalue weighted by Gasteiger charge is 2.32. The van der Waals surface area contributed by atoms with Gasteiger partial charge in [0.2, 0.25) is 3.79 Å². The summed E-state index contributed by atoms with van der Waals surface area (Å²) in [5.41, 5.74) is 1.19. The molecule has 24 heavy (non-hydrogen) atoms. The van der Waals surface area contributed by atoms with E-state index in [9.17, 15) is 9.90 Å². The van der Waals surface area contributed by atoms with Crippen molar-refractivity contribution in [2.24, 2.45) is 0 Å². The van der Waals surface area contributed by atoms with Crippen LogP contribution in [0.4, 0.5) is 10.6 Å². The van der Waals surface area contributed by atoms with Gasteiger partial charge in [-0.3, -0.25) is 4.90 Å². The van der Waals surface area contributed by atoms with E-state index in [1.807, 2.05) is 51.1 Å². The lowest BCUT2D eigenvalue weighted by Gasteiger charge is -2.23. The van der Waals surface area contributed by atoms with Crippen LogP contribution in [0.5, 0.6) is 0 Å². The lowest BCUT2D eigenvalue weighted by atomic mass is 9.92. The first-order valence-corrected chi connectivity index (χ1v) is 8.35. The molecule has 0 aliphatic carbocycles. The van der Waals surface area contributed by atoms with Gasteiger partial charge in [0.1, 0.15) is 5.82 Å². The number of hydrogen-bond acceptors (Lipinski definition) is 2. The standard InChI is InChI=1S/C16H18Cl3N3O2/c1-15(2,3)12-9-13(21(14(23)24)10-16(17,18)19)22(20-12)11-7-5-4-6-8-11/h4-9H,10H2,1-3H3,(H,23,24). The molecule has 130 valence electrons. The number of carbonyl (C=O) groups is 1. The Morgan fingerprint density at radius 1 is 1.21 bits per heavy atom. The van der Waals surface area contributed by atoms with Crippen LogP contribution >= 0.6 is 34.8 Å². The van der Waals surface area contributed by atoms with Crippen molar-refractivity contribution in [3.8, 4) is 5.69 Å². The number of rotatable bonds is 3. The molecular weight excluding hydrogens is 373 g/mol. The number of halogens is 3. The maximum Gasteiger partial charge on any atom is 0.413 e. The SMILES string of the molecule is CC(C)(C)c1cc(N(CC(Cl)(Cl)Cl)C(=O)O)n(-c2ccccc2)n1. The molecule has 1 amide bonds. The summed E-state index contributed by atoms with van der Waals surface area (Å²) in [5, 5.41) is 14.1. The third-order valence-corrected chi connectivity index (χ3v) is 3.66. The molecule has 0 unspecified atom stereocenters. The minimum Gasteiger partial charge on any atom is -0.465 e. The Morgan fingerprint density at radius 2 is 1.79 bits per heavy atom. The van der Waals surface area contributed by atoms with Crippen molar-refractivity contribution in [3.63, 3.8) is 0 Å². The molecule has 8 heteroatoms. The topological polar surface area (TPSA) is 58.4 Å². The number of anilines is 1. The van der Waals surface area contributed by atoms with Crippen molar-refractivity contribution < 1.29 is 9.90 Å². The van der Waals surface area contributed by atoms with Crippen LogP contribution in [-0.2, 0) is 5.41 Å². The van der Waals surface area contributed by atoms with Gasteiger partial charge in [0.25, 0.3) is 0 Å². The highest BCUT2D eigenvalue weighted by molar-refractivity contribution is 6.68. The van der Waals surface area contributed by atoms with E-state index in [0.717, 1.165) is 16.3 Å². The summed E-state index contributed by atoms with van der Waals surface area (Å²) < 4.78 is -0.197. The Balaban J connectivity index is 2.62. The first-order valence-electron chi connectivity index (χ1n) is 7.22. The molecule has 0 atom stereocenters. The van der Waals surface area contributed by atoms with Crippen molar-refractivity contribution >= 4 is 46.7 Å². The second-order valence-corrected chi connectivity index (χ2v) is 8.89. The molecule has 2 aromatic rings. The Morgan fingerprint density at radius 3 is 2.25 bits per heavy atom. The summed E-state index contributed by atoms with van der Waals surface area (Å²) in [6, 6.07) is 10.9. The molecule has 1 aromatic carbocycles. The molecule has 0 fully saturated rings. The Bertz CT molecular complexity index is 718. The van der Waals surface area contributed by atoms with Crippen molar-refractivity contribution in [1.82, 2.24) is 9.78 Å². The lowest BCUT2D eigenvalue weighted by Crippen LogP contribution is -2.38. The molecule has 0 saturated heterocycles. The van der Waals surface area contributed by atoms with Crippen LogP contribution in [-0.4, -0.2) is 31.3 Å². The van der Waals surface area contributed by atoms with Gasteiger partial charge >= 0.3 is 6.09 Å². The average molecular weight is 391 g/mol. The maximum atomic E-state index is 11.7. The minimum atomic E-state index is -1.74. The van der Waals surface area contributed by atoms with Gasteiger partial charge in [0, 0.05) is 11.5 Å². The third-order valence-electron chi connectivity index (χ3n) is 3.30. The molecule has 0 aliphatic rings. The van der Waals surface area contributed by atoms with Crippen LogP contribution < -0.4 is 4.90 Å². The Labute approximate surface area is 155 Å². The number of benzene rings is 1. The number of para-hydroxylation sites is 1. The maximum absolute atomic E-state index is 11.7. The number of carboxylic acid groups (broad SMARTS) is 1. The van der Waals surface area contributed by atoms with E-state index in [-0.39, 0.29) is 12.0 Å². The van der Waals surface area contributed by atoms with E-state index in [1.165, 1.54) is 0 Å². The van der Waals surface area contributed by atoms with E-state index < -0.39 is 9.89 Å². The summed E-state index contributed by atoms with van der Waals surface area (Å²) in [6.07, 6.45) is -1.22. The highest BCUT2D eigenvalue weighted by Crippen LogP contribution is 2.33. The average Bonchev–Trinajstić information content (AvgIpc) is 2.89. The van der Waals surface area contributed by atoms with E-state index >= 15 is 0 Å². The van der Waals surface area contributed by atoms with Gasteiger partial charge in [-0.1, -0.05) is 73.8 Å². The molecule has 2 rings (SSSR count). The summed E-state index contributed by atoms with van der Waals surface area (Å²) in [7, 11) is 0. The van der Waals surface area contributed by atoms with E-state index in [4.69, 9.17) is 34.8 Å². The lowest BCUT2D eigenvalue weighted by molar-refractivity contribution is 0.201. The van der Waals surface area contributed by atoms with Crippen molar-refractivity contribution in [2.45, 2.75) is 30.0 Å². The summed E-state index contributed by atoms with van der Waals surface area (Å²) >= 11 is 17.4. The van der Waals surface area contributed by atoms with Crippen LogP contribution in [0.25, 0.3) is 5.69 Å². The molecule has 1 heterocycles. The van der Waals surface area contributed by atoms with E-state index in [0.29, 0.717) is 5.82 Å². The van der Waals surface area contributed by atoms with Crippen LogP contribution in [0, 0.1) is 0 Å². The van der Waals surface area contributed by atoms with Crippen LogP contribution in [0.2, 0.25) is 0 Å². The zero-order valence-corrected chi connectivity index (χ0v) is 15.8. The van der Waals surface area contributed by atoms with Crippen LogP contribution in [0.15, 0.2) is 36.4 Å². The molecular formula is C16H18Cl3N3O2. The predicted molar refractivity (Wildman–Crippen MR) is 97.9 cm³/mol. The summed E-state index contributed by atoms with van der Waals surface area (Å²) in [4.78, 5) is 12.7. The van der Waals surface area contributed by atoms with Crippen molar-refractivity contribution in [3.05, 3.63) is 42.1 Å². The molecule has 5 nitrogen and oxygen atoms in total. The number of amides is 1. The van der Waals surface area contributed by atoms with Gasteiger partial charge in [-0.05, 0) is 12.1 Å². The fraction of sp³-hybridized carbons (Fsp3) is 0.375. The zero-order chi connectivity index (χ0) is 18.1. The molecule has 0 saturated carbocycles. The van der Waals surface area contributed by atoms with Crippen molar-refractivity contribution in [1.29, 1.82) is 0 Å². The van der Waals surface area contributed by atoms with Gasteiger partial charge in [-0.15, -0.1) is 0 Å². The Kier molecular flexibility index (Phi) is 5.37. The van der Waals surface area contributed by atoms with Gasteiger partial charge in [0.05, 0.1) is 17.9 Å². The molecule has 1 aromatic heterocycles. The number of aromatic nitrogens is 2. The molecule has 0 radical (unpaired) electrons. The van der Waals surface area contributed by atoms with E-state index in [2.05, 4.69) is 5.10 Å². The first kappa shape index (κ1) is 18.9. The normalized spacial score (nSPS) is 12.2. The second kappa shape index (κ2) is 6.82. The smallest absolute Gasteiger partial charge is 0.413 e. The van der Waals surface area contributed by atoms with Gasteiger partial charge < -0.3 is 5.11 Å². The van der Waals surface area contributed by atoms with Crippen molar-refractivity contribution in [2.75, 3.05) is 11.4 Å². The number of hydrogen-bond donors (Lipinski definition) is 1. The van der Waals surface area contributed by atoms with Crippen LogP contribution in [0.1, 0.15) is 26.5 Å².